The Balaban J connectivity index is 1.02. The summed E-state index contributed by atoms with van der Waals surface area (Å²) in [4.78, 5) is 51.6. The van der Waals surface area contributed by atoms with Gasteiger partial charge in [-0.1, -0.05) is 182 Å². The number of aliphatic carboxylic acids is 4. The average molecular weight is 1160 g/mol. The van der Waals surface area contributed by atoms with Gasteiger partial charge in [0, 0.05) is 35.0 Å². The molecule has 9 rings (SSSR count). The smallest absolute Gasteiger partial charge is 0.346 e. The van der Waals surface area contributed by atoms with Crippen molar-refractivity contribution in [2.24, 2.45) is 0 Å². The van der Waals surface area contributed by atoms with Crippen molar-refractivity contribution in [2.45, 2.75) is 11.8 Å². The predicted octanol–water partition coefficient (Wildman–Crippen LogP) is 15.7. The van der Waals surface area contributed by atoms with E-state index in [9.17, 15) is 55.4 Å². The molecule has 0 aliphatic carbocycles. The highest BCUT2D eigenvalue weighted by Gasteiger charge is 2.21. The fourth-order valence-corrected chi connectivity index (χ4v) is 10.2. The summed E-state index contributed by atoms with van der Waals surface area (Å²) in [5.41, 5.74) is 13.0. The number of hydrogen-bond donors (Lipinski definition) is 4. The van der Waals surface area contributed by atoms with Gasteiger partial charge in [-0.25, -0.2) is 19.2 Å². The molecule has 2 atom stereocenters. The second-order valence-corrected chi connectivity index (χ2v) is 20.1. The second kappa shape index (κ2) is 27.9. The Morgan fingerprint density at radius 3 is 0.865 bits per heavy atom. The number of carboxylic acid groups (broad SMARTS) is 4. The Morgan fingerprint density at radius 2 is 0.607 bits per heavy atom. The summed E-state index contributed by atoms with van der Waals surface area (Å²) in [7, 11) is 0. The van der Waals surface area contributed by atoms with Gasteiger partial charge in [0.1, 0.15) is 34.9 Å². The standard InChI is InChI=1S/C75H48N6O8/c1-80-69(75(88)89)44-52-10-20-60(21-11-52)70(57-14-4-48(5-15-57)3-2-40-76)61-26-22-53(23-27-61)55-30-36-67(37-31-55)81(66-34-12-51(13-35-66)43-65(47-79)74(86)87)68-38-32-56(33-39-68)54-24-28-62(29-25-54)71(58-16-6-49(7-17-58)41-63(45-77)72(82)83)59-18-8-50(9-19-59)42-64(46-78)73(84)85/h2-39,41-44,70-71H,(H,82,83)(H,84,85)(H,86,87)(H,88,89)/b3-2-,63-41-,64-42+,65-43-,69-44-. The maximum Gasteiger partial charge on any atom is 0.346 e. The van der Waals surface area contributed by atoms with E-state index in [4.69, 9.17) is 11.8 Å². The summed E-state index contributed by atoms with van der Waals surface area (Å²) < 4.78 is 0. The molecule has 0 aromatic heterocycles. The Bertz CT molecular complexity index is 4450. The highest BCUT2D eigenvalue weighted by Crippen LogP contribution is 2.40. The number of carbonyl (C=O) groups is 4. The quantitative estimate of drug-likeness (QED) is 0.0240. The monoisotopic (exact) mass is 1160 g/mol. The molecule has 14 heteroatoms. The second-order valence-electron chi connectivity index (χ2n) is 20.1. The van der Waals surface area contributed by atoms with Crippen LogP contribution in [-0.4, -0.2) is 44.3 Å². The molecule has 0 saturated carbocycles. The molecule has 89 heavy (non-hydrogen) atoms. The van der Waals surface area contributed by atoms with Gasteiger partial charge < -0.3 is 25.3 Å². The topological polar surface area (TPSA) is 252 Å². The molecular formula is C75H48N6O8. The maximum atomic E-state index is 11.7. The third-order valence-corrected chi connectivity index (χ3v) is 14.6. The Hall–Kier alpha value is -13.2. The molecule has 0 spiro atoms. The summed E-state index contributed by atoms with van der Waals surface area (Å²) in [5.74, 6) is -5.89. The van der Waals surface area contributed by atoms with Gasteiger partial charge in [-0.15, -0.1) is 0 Å². The zero-order valence-corrected chi connectivity index (χ0v) is 47.0. The van der Waals surface area contributed by atoms with E-state index in [-0.39, 0.29) is 11.8 Å². The molecule has 426 valence electrons. The van der Waals surface area contributed by atoms with E-state index in [1.165, 1.54) is 30.4 Å². The molecule has 9 aromatic carbocycles. The molecule has 14 nitrogen and oxygen atoms in total. The lowest BCUT2D eigenvalue weighted by Gasteiger charge is -2.26. The van der Waals surface area contributed by atoms with Crippen molar-refractivity contribution in [3.05, 3.63) is 319 Å². The lowest BCUT2D eigenvalue weighted by Crippen LogP contribution is -2.10. The summed E-state index contributed by atoms with van der Waals surface area (Å²) in [6.07, 6.45) is 8.39. The molecule has 0 fully saturated rings. The molecular weight excluding hydrogens is 1110 g/mol. The molecule has 9 aromatic rings. The van der Waals surface area contributed by atoms with Crippen molar-refractivity contribution >= 4 is 71.3 Å². The summed E-state index contributed by atoms with van der Waals surface area (Å²) in [6.45, 7) is 7.28. The van der Waals surface area contributed by atoms with E-state index in [1.54, 1.807) is 72.8 Å². The summed E-state index contributed by atoms with van der Waals surface area (Å²) >= 11 is 0. The van der Waals surface area contributed by atoms with Gasteiger partial charge in [0.25, 0.3) is 5.70 Å². The number of nitrogens with zero attached hydrogens (tertiary/aromatic N) is 6. The van der Waals surface area contributed by atoms with Crippen molar-refractivity contribution < 1.29 is 39.6 Å². The maximum absolute atomic E-state index is 11.7. The first-order valence-electron chi connectivity index (χ1n) is 27.3. The molecule has 0 radical (unpaired) electrons. The normalized spacial score (nSPS) is 12.3. The van der Waals surface area contributed by atoms with Crippen LogP contribution >= 0.6 is 0 Å². The highest BCUT2D eigenvalue weighted by molar-refractivity contribution is 5.98. The fraction of sp³-hybridized carbons (Fsp3) is 0.0267. The van der Waals surface area contributed by atoms with E-state index in [2.05, 4.69) is 34.0 Å². The number of allylic oxidation sites excluding steroid dienone is 1. The van der Waals surface area contributed by atoms with E-state index >= 15 is 0 Å². The molecule has 0 saturated heterocycles. The van der Waals surface area contributed by atoms with Gasteiger partial charge in [0.15, 0.2) is 0 Å². The third-order valence-electron chi connectivity index (χ3n) is 14.6. The van der Waals surface area contributed by atoms with Crippen LogP contribution in [0.25, 0.3) is 57.5 Å². The molecule has 0 bridgehead atoms. The van der Waals surface area contributed by atoms with Gasteiger partial charge >= 0.3 is 23.9 Å². The lowest BCUT2D eigenvalue weighted by atomic mass is 9.84. The number of benzene rings is 9. The van der Waals surface area contributed by atoms with Crippen LogP contribution < -0.4 is 4.90 Å². The molecule has 0 amide bonds. The van der Waals surface area contributed by atoms with E-state index in [0.29, 0.717) is 22.3 Å². The van der Waals surface area contributed by atoms with Crippen molar-refractivity contribution in [3.63, 3.8) is 0 Å². The van der Waals surface area contributed by atoms with Gasteiger partial charge in [0.05, 0.1) is 12.6 Å². The molecule has 0 aliphatic rings. The highest BCUT2D eigenvalue weighted by atomic mass is 16.4. The van der Waals surface area contributed by atoms with Crippen molar-refractivity contribution in [3.8, 4) is 46.5 Å². The Kier molecular flexibility index (Phi) is 19.0. The van der Waals surface area contributed by atoms with Gasteiger partial charge in [-0.3, -0.25) is 4.79 Å². The van der Waals surface area contributed by atoms with Crippen LogP contribution in [0, 0.1) is 51.9 Å². The van der Waals surface area contributed by atoms with Crippen LogP contribution in [0.3, 0.4) is 0 Å². The number of nitriles is 4. The lowest BCUT2D eigenvalue weighted by molar-refractivity contribution is -0.133. The van der Waals surface area contributed by atoms with Crippen molar-refractivity contribution in [1.82, 2.24) is 0 Å². The number of hydrogen-bond acceptors (Lipinski definition) is 9. The van der Waals surface area contributed by atoms with Crippen LogP contribution in [0.1, 0.15) is 73.0 Å². The van der Waals surface area contributed by atoms with Gasteiger partial charge in [0.2, 0.25) is 0 Å². The average Bonchev–Trinajstić information content (AvgIpc) is 2.26. The summed E-state index contributed by atoms with van der Waals surface area (Å²) in [5, 5.41) is 75.2. The van der Waals surface area contributed by atoms with E-state index in [1.807, 2.05) is 152 Å². The minimum atomic E-state index is -1.34. The minimum absolute atomic E-state index is 0.231. The van der Waals surface area contributed by atoms with Gasteiger partial charge in [-0.05, 0) is 150 Å². The van der Waals surface area contributed by atoms with Crippen molar-refractivity contribution in [1.29, 1.82) is 21.0 Å². The molecule has 0 heterocycles. The number of anilines is 3. The zero-order valence-electron chi connectivity index (χ0n) is 47.0. The predicted molar refractivity (Wildman–Crippen MR) is 340 cm³/mol. The van der Waals surface area contributed by atoms with E-state index < -0.39 is 46.3 Å². The van der Waals surface area contributed by atoms with Gasteiger partial charge in [-0.2, -0.15) is 21.0 Å². The fourth-order valence-electron chi connectivity index (χ4n) is 10.2. The van der Waals surface area contributed by atoms with Crippen LogP contribution in [0.4, 0.5) is 17.1 Å². The number of carboxylic acids is 4. The summed E-state index contributed by atoms with van der Waals surface area (Å²) in [6, 6.07) is 76.4. The molecule has 4 N–H and O–H groups in total. The van der Waals surface area contributed by atoms with Crippen LogP contribution in [0.15, 0.2) is 247 Å². The zero-order chi connectivity index (χ0) is 63.0. The first-order valence-corrected chi connectivity index (χ1v) is 27.3. The Labute approximate surface area is 512 Å². The first-order chi connectivity index (χ1) is 43.2. The Morgan fingerprint density at radius 1 is 0.360 bits per heavy atom. The SMILES string of the molecule is [C-]#[N+]/C(=C\c1ccc(C(c2ccc(/C=C\C#N)cc2)c2ccc(-c3ccc(N(c4ccc(/C=C(/C#N)C(=O)O)cc4)c4ccc(-c5ccc(C(c6ccc(/C=C(/C#N)C(=O)O)cc6)c6ccc(/C=C(\C#N)C(=O)O)cc6)cc5)cc4)cc3)cc2)cc1)C(=O)O. The largest absolute Gasteiger partial charge is 0.486 e. The minimum Gasteiger partial charge on any atom is -0.486 e. The third kappa shape index (κ3) is 14.6. The molecule has 2 unspecified atom stereocenters. The first kappa shape index (κ1) is 60.4. The van der Waals surface area contributed by atoms with E-state index in [0.717, 1.165) is 78.3 Å². The van der Waals surface area contributed by atoms with Crippen LogP contribution in [-0.2, 0) is 19.2 Å². The molecule has 0 aliphatic heterocycles. The number of rotatable bonds is 20. The van der Waals surface area contributed by atoms with Crippen LogP contribution in [0.5, 0.6) is 0 Å². The van der Waals surface area contributed by atoms with Crippen molar-refractivity contribution in [2.75, 3.05) is 4.90 Å². The van der Waals surface area contributed by atoms with Crippen LogP contribution in [0.2, 0.25) is 0 Å².